The summed E-state index contributed by atoms with van der Waals surface area (Å²) in [6.07, 6.45) is 1.83. The van der Waals surface area contributed by atoms with Gasteiger partial charge >= 0.3 is 0 Å². The molecule has 0 aliphatic carbocycles. The number of fused-ring (bicyclic) bond motifs is 1. The number of anilines is 1. The highest BCUT2D eigenvalue weighted by molar-refractivity contribution is 6.12. The Kier molecular flexibility index (Phi) is 5.26. The number of allylic oxidation sites excluding steroid dienone is 1. The summed E-state index contributed by atoms with van der Waals surface area (Å²) in [7, 11) is 3.10. The van der Waals surface area contributed by atoms with Crippen LogP contribution >= 0.6 is 0 Å². The van der Waals surface area contributed by atoms with Crippen LogP contribution in [-0.2, 0) is 0 Å². The van der Waals surface area contributed by atoms with E-state index in [4.69, 9.17) is 24.7 Å². The number of hydrogen-bond donors (Lipinski definition) is 1. The summed E-state index contributed by atoms with van der Waals surface area (Å²) in [4.78, 5) is 13.1. The molecule has 142 valence electrons. The quantitative estimate of drug-likeness (QED) is 0.472. The van der Waals surface area contributed by atoms with Crippen LogP contribution in [0.5, 0.6) is 23.0 Å². The molecule has 0 saturated carbocycles. The van der Waals surface area contributed by atoms with Crippen molar-refractivity contribution in [3.05, 3.63) is 47.0 Å². The Labute approximate surface area is 158 Å². The van der Waals surface area contributed by atoms with Crippen LogP contribution in [0.25, 0.3) is 6.08 Å². The molecule has 0 saturated heterocycles. The Morgan fingerprint density at radius 1 is 1.07 bits per heavy atom. The zero-order valence-corrected chi connectivity index (χ0v) is 15.9. The zero-order chi connectivity index (χ0) is 19.6. The number of hydrogen-bond acceptors (Lipinski definition) is 6. The smallest absolute Gasteiger partial charge is 0.231 e. The predicted octanol–water partition coefficient (Wildman–Crippen LogP) is 3.94. The minimum absolute atomic E-state index is 0.00354. The van der Waals surface area contributed by atoms with Crippen molar-refractivity contribution in [1.29, 1.82) is 0 Å². The molecule has 0 amide bonds. The van der Waals surface area contributed by atoms with Gasteiger partial charge in [-0.2, -0.15) is 0 Å². The summed E-state index contributed by atoms with van der Waals surface area (Å²) in [5, 5.41) is 0. The molecule has 0 radical (unpaired) electrons. The van der Waals surface area contributed by atoms with Gasteiger partial charge in [-0.3, -0.25) is 4.79 Å². The molecular weight excluding hydrogens is 346 g/mol. The van der Waals surface area contributed by atoms with Crippen LogP contribution < -0.4 is 24.7 Å². The second-order valence-electron chi connectivity index (χ2n) is 6.49. The van der Waals surface area contributed by atoms with Gasteiger partial charge < -0.3 is 24.7 Å². The van der Waals surface area contributed by atoms with Crippen LogP contribution in [-0.4, -0.2) is 26.8 Å². The third kappa shape index (κ3) is 3.69. The summed E-state index contributed by atoms with van der Waals surface area (Å²) >= 11 is 0. The van der Waals surface area contributed by atoms with Crippen molar-refractivity contribution >= 4 is 17.5 Å². The van der Waals surface area contributed by atoms with Crippen molar-refractivity contribution in [2.24, 2.45) is 5.92 Å². The van der Waals surface area contributed by atoms with Gasteiger partial charge in [0.15, 0.2) is 17.3 Å². The van der Waals surface area contributed by atoms with Gasteiger partial charge in [0, 0.05) is 22.8 Å². The van der Waals surface area contributed by atoms with E-state index in [9.17, 15) is 4.79 Å². The Morgan fingerprint density at radius 3 is 2.37 bits per heavy atom. The maximum atomic E-state index is 13.1. The second-order valence-corrected chi connectivity index (χ2v) is 6.49. The van der Waals surface area contributed by atoms with Crippen LogP contribution in [0.1, 0.15) is 29.8 Å². The molecule has 1 heterocycles. The summed E-state index contributed by atoms with van der Waals surface area (Å²) < 4.78 is 21.5. The molecule has 0 aromatic heterocycles. The van der Waals surface area contributed by atoms with E-state index in [1.165, 1.54) is 7.11 Å². The van der Waals surface area contributed by atoms with E-state index in [0.29, 0.717) is 39.8 Å². The Bertz CT molecular complexity index is 902. The van der Waals surface area contributed by atoms with E-state index in [2.05, 4.69) is 0 Å². The fraction of sp³-hybridized carbons (Fsp3) is 0.286. The standard InChI is InChI=1S/C21H23NO5/c1-12(2)15(21(23)13-5-6-16(22)18(8-13)25-4)7-14-9-19-20(27-11-26-19)10-17(14)24-3/h5-10,12H,11,22H2,1-4H3. The SMILES string of the molecule is COc1cc(C(=O)C(=Cc2cc3c(cc2OC)OCO3)C(C)C)ccc1N. The fourth-order valence-electron chi connectivity index (χ4n) is 2.91. The van der Waals surface area contributed by atoms with E-state index in [1.807, 2.05) is 26.0 Å². The number of ketones is 1. The molecule has 0 atom stereocenters. The molecule has 27 heavy (non-hydrogen) atoms. The lowest BCUT2D eigenvalue weighted by atomic mass is 9.92. The third-order valence-corrected chi connectivity index (χ3v) is 4.42. The van der Waals surface area contributed by atoms with Gasteiger partial charge in [-0.25, -0.2) is 0 Å². The number of nitrogen functional groups attached to an aromatic ring is 1. The van der Waals surface area contributed by atoms with Gasteiger partial charge in [-0.1, -0.05) is 13.8 Å². The molecule has 0 bridgehead atoms. The van der Waals surface area contributed by atoms with Crippen LogP contribution in [0.4, 0.5) is 5.69 Å². The van der Waals surface area contributed by atoms with E-state index in [1.54, 1.807) is 31.4 Å². The van der Waals surface area contributed by atoms with Gasteiger partial charge in [0.2, 0.25) is 6.79 Å². The van der Waals surface area contributed by atoms with Gasteiger partial charge in [0.25, 0.3) is 0 Å². The molecule has 1 aliphatic heterocycles. The largest absolute Gasteiger partial charge is 0.496 e. The van der Waals surface area contributed by atoms with Crippen LogP contribution in [0, 0.1) is 5.92 Å². The van der Waals surface area contributed by atoms with Crippen LogP contribution in [0.2, 0.25) is 0 Å². The van der Waals surface area contributed by atoms with Crippen LogP contribution in [0.3, 0.4) is 0 Å². The molecule has 6 nitrogen and oxygen atoms in total. The molecule has 0 unspecified atom stereocenters. The molecule has 2 aromatic carbocycles. The number of Topliss-reactive ketones (excluding diaryl/α,β-unsaturated/α-hetero) is 1. The fourth-order valence-corrected chi connectivity index (χ4v) is 2.91. The highest BCUT2D eigenvalue weighted by Crippen LogP contribution is 2.39. The maximum Gasteiger partial charge on any atom is 0.231 e. The highest BCUT2D eigenvalue weighted by Gasteiger charge is 2.21. The molecule has 2 N–H and O–H groups in total. The zero-order valence-electron chi connectivity index (χ0n) is 15.9. The molecule has 3 rings (SSSR count). The van der Waals surface area contributed by atoms with E-state index < -0.39 is 0 Å². The summed E-state index contributed by atoms with van der Waals surface area (Å²) in [5.74, 6) is 2.25. The first-order valence-corrected chi connectivity index (χ1v) is 8.62. The first-order valence-electron chi connectivity index (χ1n) is 8.62. The first-order chi connectivity index (χ1) is 12.9. The third-order valence-electron chi connectivity index (χ3n) is 4.42. The molecular formula is C21H23NO5. The van der Waals surface area contributed by atoms with Crippen molar-refractivity contribution in [2.45, 2.75) is 13.8 Å². The van der Waals surface area contributed by atoms with Crippen molar-refractivity contribution in [1.82, 2.24) is 0 Å². The average Bonchev–Trinajstić information content (AvgIpc) is 3.12. The van der Waals surface area contributed by atoms with E-state index >= 15 is 0 Å². The lowest BCUT2D eigenvalue weighted by Crippen LogP contribution is -2.10. The Morgan fingerprint density at radius 2 is 1.74 bits per heavy atom. The molecule has 6 heteroatoms. The number of methoxy groups -OCH3 is 2. The van der Waals surface area contributed by atoms with E-state index in [-0.39, 0.29) is 18.5 Å². The normalized spacial score (nSPS) is 13.0. The molecule has 0 fully saturated rings. The second kappa shape index (κ2) is 7.61. The molecule has 0 spiro atoms. The topological polar surface area (TPSA) is 80.0 Å². The summed E-state index contributed by atoms with van der Waals surface area (Å²) in [5.41, 5.74) is 8.25. The number of nitrogens with two attached hydrogens (primary N) is 1. The highest BCUT2D eigenvalue weighted by atomic mass is 16.7. The Hall–Kier alpha value is -3.15. The number of ether oxygens (including phenoxy) is 4. The summed E-state index contributed by atoms with van der Waals surface area (Å²) in [6, 6.07) is 8.62. The lowest BCUT2D eigenvalue weighted by molar-refractivity contribution is 0.102. The average molecular weight is 369 g/mol. The maximum absolute atomic E-state index is 13.1. The predicted molar refractivity (Wildman–Crippen MR) is 104 cm³/mol. The van der Waals surface area contributed by atoms with Crippen molar-refractivity contribution < 1.29 is 23.7 Å². The number of carbonyl (C=O) groups excluding carboxylic acids is 1. The number of rotatable bonds is 6. The van der Waals surface area contributed by atoms with Gasteiger partial charge in [-0.05, 0) is 36.3 Å². The monoisotopic (exact) mass is 369 g/mol. The summed E-state index contributed by atoms with van der Waals surface area (Å²) in [6.45, 7) is 4.11. The number of carbonyl (C=O) groups is 1. The Balaban J connectivity index is 2.04. The van der Waals surface area contributed by atoms with E-state index in [0.717, 1.165) is 5.56 Å². The molecule has 2 aromatic rings. The van der Waals surface area contributed by atoms with Crippen molar-refractivity contribution in [2.75, 3.05) is 26.7 Å². The lowest BCUT2D eigenvalue weighted by Gasteiger charge is -2.14. The minimum atomic E-state index is -0.0944. The van der Waals surface area contributed by atoms with Gasteiger partial charge in [0.05, 0.1) is 19.9 Å². The van der Waals surface area contributed by atoms with Gasteiger partial charge in [0.1, 0.15) is 11.5 Å². The first kappa shape index (κ1) is 18.6. The number of benzene rings is 2. The minimum Gasteiger partial charge on any atom is -0.496 e. The van der Waals surface area contributed by atoms with Crippen LogP contribution in [0.15, 0.2) is 35.9 Å². The molecule has 1 aliphatic rings. The van der Waals surface area contributed by atoms with Gasteiger partial charge in [-0.15, -0.1) is 0 Å². The van der Waals surface area contributed by atoms with Crippen molar-refractivity contribution in [3.63, 3.8) is 0 Å². The van der Waals surface area contributed by atoms with Crippen molar-refractivity contribution in [3.8, 4) is 23.0 Å².